The van der Waals surface area contributed by atoms with E-state index < -0.39 is 6.10 Å². The summed E-state index contributed by atoms with van der Waals surface area (Å²) >= 11 is 0. The Hall–Kier alpha value is -3.15. The number of esters is 3. The van der Waals surface area contributed by atoms with Gasteiger partial charge in [0.1, 0.15) is 13.2 Å². The minimum Gasteiger partial charge on any atom is -0.462 e. The summed E-state index contributed by atoms with van der Waals surface area (Å²) in [6.45, 7) is 6.59. The monoisotopic (exact) mass is 991 g/mol. The third-order valence-corrected chi connectivity index (χ3v) is 13.2. The minimum absolute atomic E-state index is 0.0857. The lowest BCUT2D eigenvalue weighted by Gasteiger charge is -2.18. The molecule has 0 aliphatic rings. The highest BCUT2D eigenvalue weighted by Gasteiger charge is 2.19. The van der Waals surface area contributed by atoms with E-state index in [0.29, 0.717) is 19.3 Å². The molecule has 0 aliphatic heterocycles. The second-order valence-electron chi connectivity index (χ2n) is 20.2. The first-order chi connectivity index (χ1) is 35.0. The Morgan fingerprint density at radius 1 is 0.282 bits per heavy atom. The van der Waals surface area contributed by atoms with Gasteiger partial charge in [0.15, 0.2) is 6.10 Å². The predicted octanol–water partition coefficient (Wildman–Crippen LogP) is 20.5. The van der Waals surface area contributed by atoms with Gasteiger partial charge in [-0.15, -0.1) is 0 Å². The highest BCUT2D eigenvalue weighted by molar-refractivity contribution is 5.71. The second kappa shape index (κ2) is 59.4. The molecule has 0 amide bonds. The zero-order chi connectivity index (χ0) is 51.4. The van der Waals surface area contributed by atoms with Gasteiger partial charge in [-0.2, -0.15) is 0 Å². The van der Waals surface area contributed by atoms with Crippen molar-refractivity contribution in [3.63, 3.8) is 0 Å². The van der Waals surface area contributed by atoms with Gasteiger partial charge in [-0.1, -0.05) is 241 Å². The summed E-state index contributed by atoms with van der Waals surface area (Å²) in [4.78, 5) is 38.3. The first kappa shape index (κ1) is 67.8. The first-order valence-corrected chi connectivity index (χ1v) is 30.4. The first-order valence-electron chi connectivity index (χ1n) is 30.4. The fourth-order valence-electron chi connectivity index (χ4n) is 8.53. The molecule has 0 N–H and O–H groups in total. The summed E-state index contributed by atoms with van der Waals surface area (Å²) in [7, 11) is 0. The van der Waals surface area contributed by atoms with Crippen LogP contribution in [0, 0.1) is 0 Å². The standard InChI is InChI=1S/C65H114O6/c1-4-7-10-13-16-19-22-25-28-31-32-35-38-41-44-47-50-53-56-59-65(68)71-62(60-69-63(66)57-54-51-48-45-42-39-36-33-29-26-23-20-17-14-11-8-5-2)61-70-64(67)58-55-52-49-46-43-40-37-34-30-27-24-21-18-15-12-9-6-3/h16-17,19-20,25-30,36,39,62H,4-15,18,21-24,31-35,37-38,40-61H2,1-3H3/b19-16-,20-17-,28-25-,29-26-,30-27-,39-36-/t62-/m1/s1. The predicted molar refractivity (Wildman–Crippen MR) is 307 cm³/mol. The average molecular weight is 992 g/mol. The van der Waals surface area contributed by atoms with Gasteiger partial charge in [-0.3, -0.25) is 14.4 Å². The molecular weight excluding hydrogens is 877 g/mol. The smallest absolute Gasteiger partial charge is 0.306 e. The summed E-state index contributed by atoms with van der Waals surface area (Å²) in [6.07, 6.45) is 76.0. The van der Waals surface area contributed by atoms with Gasteiger partial charge >= 0.3 is 17.9 Å². The number of hydrogen-bond donors (Lipinski definition) is 0. The molecule has 6 heteroatoms. The van der Waals surface area contributed by atoms with Crippen molar-refractivity contribution in [3.05, 3.63) is 72.9 Å². The second-order valence-corrected chi connectivity index (χ2v) is 20.2. The molecule has 0 radical (unpaired) electrons. The molecule has 0 rings (SSSR count). The third-order valence-electron chi connectivity index (χ3n) is 13.2. The Morgan fingerprint density at radius 2 is 0.507 bits per heavy atom. The van der Waals surface area contributed by atoms with E-state index in [0.717, 1.165) is 89.9 Å². The number of unbranched alkanes of at least 4 members (excludes halogenated alkanes) is 32. The molecule has 0 saturated heterocycles. The number of rotatable bonds is 55. The molecule has 0 aromatic rings. The molecule has 1 atom stereocenters. The van der Waals surface area contributed by atoms with Gasteiger partial charge in [0.25, 0.3) is 0 Å². The van der Waals surface area contributed by atoms with Crippen LogP contribution in [0.5, 0.6) is 0 Å². The molecule has 71 heavy (non-hydrogen) atoms. The number of carbonyl (C=O) groups is 3. The Kier molecular flexibility index (Phi) is 56.8. The van der Waals surface area contributed by atoms with E-state index in [1.54, 1.807) is 0 Å². The van der Waals surface area contributed by atoms with Gasteiger partial charge in [-0.25, -0.2) is 0 Å². The summed E-state index contributed by atoms with van der Waals surface area (Å²) in [6, 6.07) is 0. The Balaban J connectivity index is 4.42. The highest BCUT2D eigenvalue weighted by atomic mass is 16.6. The lowest BCUT2D eigenvalue weighted by atomic mass is 10.1. The number of carbonyl (C=O) groups excluding carboxylic acids is 3. The quantitative estimate of drug-likeness (QED) is 0.0261. The largest absolute Gasteiger partial charge is 0.462 e. The molecule has 0 unspecified atom stereocenters. The van der Waals surface area contributed by atoms with E-state index in [1.807, 2.05) is 0 Å². The van der Waals surface area contributed by atoms with E-state index in [4.69, 9.17) is 14.2 Å². The fraction of sp³-hybridized carbons (Fsp3) is 0.769. The molecule has 0 heterocycles. The normalized spacial score (nSPS) is 12.5. The Labute approximate surface area is 440 Å². The Morgan fingerprint density at radius 3 is 0.831 bits per heavy atom. The molecule has 0 aliphatic carbocycles. The molecule has 410 valence electrons. The maximum absolute atomic E-state index is 12.9. The lowest BCUT2D eigenvalue weighted by Crippen LogP contribution is -2.30. The summed E-state index contributed by atoms with van der Waals surface area (Å²) in [5, 5.41) is 0. The zero-order valence-corrected chi connectivity index (χ0v) is 47.0. The van der Waals surface area contributed by atoms with Gasteiger partial charge in [0.05, 0.1) is 0 Å². The van der Waals surface area contributed by atoms with E-state index in [1.165, 1.54) is 173 Å². The SMILES string of the molecule is CCCCC/C=C\C/C=C\C/C=C\CCCCCCC(=O)OC[C@H](COC(=O)CCCCCCCCC/C=C\CCCCCCCC)OC(=O)CCCCCCCCCCC/C=C\C/C=C\CCCCC. The lowest BCUT2D eigenvalue weighted by molar-refractivity contribution is -0.167. The number of ether oxygens (including phenoxy) is 3. The van der Waals surface area contributed by atoms with Crippen LogP contribution in [0.4, 0.5) is 0 Å². The van der Waals surface area contributed by atoms with Crippen LogP contribution in [-0.4, -0.2) is 37.2 Å². The molecule has 0 bridgehead atoms. The number of allylic oxidation sites excluding steroid dienone is 12. The fourth-order valence-corrected chi connectivity index (χ4v) is 8.53. The van der Waals surface area contributed by atoms with Crippen molar-refractivity contribution in [2.24, 2.45) is 0 Å². The van der Waals surface area contributed by atoms with E-state index in [-0.39, 0.29) is 31.1 Å². The van der Waals surface area contributed by atoms with Gasteiger partial charge in [-0.05, 0) is 116 Å². The summed E-state index contributed by atoms with van der Waals surface area (Å²) in [5.41, 5.74) is 0. The van der Waals surface area contributed by atoms with Crippen LogP contribution in [0.1, 0.15) is 303 Å². The van der Waals surface area contributed by atoms with Crippen molar-refractivity contribution in [2.75, 3.05) is 13.2 Å². The third kappa shape index (κ3) is 57.6. The number of hydrogen-bond acceptors (Lipinski definition) is 6. The van der Waals surface area contributed by atoms with Crippen molar-refractivity contribution >= 4 is 17.9 Å². The molecular formula is C65H114O6. The van der Waals surface area contributed by atoms with Crippen LogP contribution in [0.15, 0.2) is 72.9 Å². The molecule has 0 spiro atoms. The van der Waals surface area contributed by atoms with Crippen LogP contribution in [-0.2, 0) is 28.6 Å². The van der Waals surface area contributed by atoms with Gasteiger partial charge in [0, 0.05) is 19.3 Å². The van der Waals surface area contributed by atoms with Crippen LogP contribution in [0.25, 0.3) is 0 Å². The molecule has 0 fully saturated rings. The van der Waals surface area contributed by atoms with Crippen molar-refractivity contribution < 1.29 is 28.6 Å². The van der Waals surface area contributed by atoms with Crippen LogP contribution in [0.3, 0.4) is 0 Å². The topological polar surface area (TPSA) is 78.9 Å². The maximum atomic E-state index is 12.9. The van der Waals surface area contributed by atoms with Crippen LogP contribution in [0.2, 0.25) is 0 Å². The van der Waals surface area contributed by atoms with E-state index in [9.17, 15) is 14.4 Å². The van der Waals surface area contributed by atoms with Crippen LogP contribution >= 0.6 is 0 Å². The molecule has 6 nitrogen and oxygen atoms in total. The van der Waals surface area contributed by atoms with Crippen molar-refractivity contribution in [2.45, 2.75) is 309 Å². The van der Waals surface area contributed by atoms with Crippen molar-refractivity contribution in [1.29, 1.82) is 0 Å². The zero-order valence-electron chi connectivity index (χ0n) is 47.0. The maximum Gasteiger partial charge on any atom is 0.306 e. The minimum atomic E-state index is -0.790. The highest BCUT2D eigenvalue weighted by Crippen LogP contribution is 2.15. The molecule has 0 aromatic heterocycles. The van der Waals surface area contributed by atoms with Crippen LogP contribution < -0.4 is 0 Å². The van der Waals surface area contributed by atoms with Crippen molar-refractivity contribution in [1.82, 2.24) is 0 Å². The van der Waals surface area contributed by atoms with Gasteiger partial charge < -0.3 is 14.2 Å². The molecule has 0 aromatic carbocycles. The van der Waals surface area contributed by atoms with Crippen molar-refractivity contribution in [3.8, 4) is 0 Å². The van der Waals surface area contributed by atoms with Gasteiger partial charge in [0.2, 0.25) is 0 Å². The molecule has 0 saturated carbocycles. The summed E-state index contributed by atoms with van der Waals surface area (Å²) in [5.74, 6) is -0.905. The van der Waals surface area contributed by atoms with E-state index in [2.05, 4.69) is 93.7 Å². The van der Waals surface area contributed by atoms with E-state index >= 15 is 0 Å². The summed E-state index contributed by atoms with van der Waals surface area (Å²) < 4.78 is 16.9. The average Bonchev–Trinajstić information content (AvgIpc) is 3.37. The Bertz CT molecular complexity index is 1320.